The largest absolute Gasteiger partial charge is 0.535 e. The van der Waals surface area contributed by atoms with E-state index in [1.54, 1.807) is 12.1 Å². The molecule has 0 saturated carbocycles. The maximum absolute atomic E-state index is 12.6. The number of benzene rings is 1. The van der Waals surface area contributed by atoms with Gasteiger partial charge in [-0.15, -0.1) is 0 Å². The first-order valence-electron chi connectivity index (χ1n) is 10.2. The molecular formula is C19H23BN4O8. The second kappa shape index (κ2) is 8.67. The summed E-state index contributed by atoms with van der Waals surface area (Å²) >= 11 is 0. The molecule has 5 N–H and O–H groups in total. The standard InChI is InChI=1S/C19H23BN4O8/c21-16(12-7-23(9-22-12)8-14(25)26)18(27)24-5-11(6-24)31-13-2-1-10-3-4-20(30)32-17(10)15(13)19(28)29/h1-2,9,11-12,16,30H,3-8,21H2,(H,25,26)(H,28,29). The number of hydrogen-bond donors (Lipinski definition) is 4. The van der Waals surface area contributed by atoms with Gasteiger partial charge >= 0.3 is 19.1 Å². The van der Waals surface area contributed by atoms with E-state index in [2.05, 4.69) is 4.99 Å². The highest BCUT2D eigenvalue weighted by Crippen LogP contribution is 2.37. The first kappa shape index (κ1) is 21.9. The van der Waals surface area contributed by atoms with Crippen LogP contribution in [0.5, 0.6) is 11.5 Å². The van der Waals surface area contributed by atoms with E-state index in [0.29, 0.717) is 18.3 Å². The number of hydrogen-bond acceptors (Lipinski definition) is 9. The number of carboxylic acids is 2. The summed E-state index contributed by atoms with van der Waals surface area (Å²) in [7, 11) is -1.07. The van der Waals surface area contributed by atoms with Crippen molar-refractivity contribution in [3.8, 4) is 11.5 Å². The van der Waals surface area contributed by atoms with Crippen LogP contribution in [0.1, 0.15) is 15.9 Å². The van der Waals surface area contributed by atoms with Gasteiger partial charge < -0.3 is 40.2 Å². The molecule has 3 aliphatic rings. The molecule has 3 aliphatic heterocycles. The van der Waals surface area contributed by atoms with Gasteiger partial charge in [0, 0.05) is 6.54 Å². The van der Waals surface area contributed by atoms with Gasteiger partial charge in [-0.3, -0.25) is 14.6 Å². The molecule has 32 heavy (non-hydrogen) atoms. The van der Waals surface area contributed by atoms with Gasteiger partial charge in [-0.2, -0.15) is 0 Å². The Hall–Kier alpha value is -3.32. The Balaban J connectivity index is 1.35. The van der Waals surface area contributed by atoms with Crippen LogP contribution in [0.4, 0.5) is 0 Å². The Kier molecular flexibility index (Phi) is 5.93. The highest BCUT2D eigenvalue weighted by Gasteiger charge is 2.39. The molecule has 2 unspecified atom stereocenters. The fraction of sp³-hybridized carbons (Fsp3) is 0.474. The van der Waals surface area contributed by atoms with Gasteiger partial charge in [-0.1, -0.05) is 6.07 Å². The lowest BCUT2D eigenvalue weighted by Gasteiger charge is -2.41. The van der Waals surface area contributed by atoms with Crippen LogP contribution < -0.4 is 15.1 Å². The van der Waals surface area contributed by atoms with Gasteiger partial charge in [0.1, 0.15) is 35.8 Å². The van der Waals surface area contributed by atoms with Crippen LogP contribution in [0, 0.1) is 0 Å². The first-order valence-corrected chi connectivity index (χ1v) is 10.2. The fourth-order valence-corrected chi connectivity index (χ4v) is 3.96. The predicted molar refractivity (Wildman–Crippen MR) is 111 cm³/mol. The maximum Gasteiger partial charge on any atom is 0.522 e. The van der Waals surface area contributed by atoms with E-state index in [4.69, 9.17) is 20.2 Å². The summed E-state index contributed by atoms with van der Waals surface area (Å²) in [5.74, 6) is -2.35. The van der Waals surface area contributed by atoms with Gasteiger partial charge in [0.05, 0.1) is 25.5 Å². The number of likely N-dealkylation sites (tertiary alicyclic amines) is 1. The minimum atomic E-state index is -1.23. The van der Waals surface area contributed by atoms with Crippen molar-refractivity contribution in [1.29, 1.82) is 0 Å². The van der Waals surface area contributed by atoms with E-state index in [-0.39, 0.29) is 49.1 Å². The molecule has 4 rings (SSSR count). The van der Waals surface area contributed by atoms with E-state index >= 15 is 0 Å². The van der Waals surface area contributed by atoms with Crippen molar-refractivity contribution in [2.45, 2.75) is 30.9 Å². The maximum atomic E-state index is 12.6. The number of carbonyl (C=O) groups excluding carboxylic acids is 1. The average molecular weight is 446 g/mol. The van der Waals surface area contributed by atoms with E-state index in [9.17, 15) is 24.5 Å². The molecule has 2 atom stereocenters. The van der Waals surface area contributed by atoms with E-state index < -0.39 is 37.2 Å². The molecule has 0 bridgehead atoms. The number of aliphatic carboxylic acids is 1. The zero-order valence-electron chi connectivity index (χ0n) is 17.1. The Bertz CT molecular complexity index is 967. The average Bonchev–Trinajstić information content (AvgIpc) is 3.16. The van der Waals surface area contributed by atoms with E-state index in [1.807, 2.05) is 0 Å². The summed E-state index contributed by atoms with van der Waals surface area (Å²) < 4.78 is 11.1. The molecule has 1 aromatic rings. The van der Waals surface area contributed by atoms with Crippen molar-refractivity contribution in [3.05, 3.63) is 23.3 Å². The molecule has 13 heteroatoms. The van der Waals surface area contributed by atoms with Crippen LogP contribution in [0.15, 0.2) is 17.1 Å². The number of nitrogens with zero attached hydrogens (tertiary/aromatic N) is 3. The summed E-state index contributed by atoms with van der Waals surface area (Å²) in [6.45, 7) is 0.479. The van der Waals surface area contributed by atoms with Gasteiger partial charge in [0.25, 0.3) is 0 Å². The molecule has 0 radical (unpaired) electrons. The van der Waals surface area contributed by atoms with Gasteiger partial charge in [-0.05, 0) is 24.4 Å². The summed E-state index contributed by atoms with van der Waals surface area (Å²) in [6.07, 6.45) is 1.84. The Morgan fingerprint density at radius 2 is 2.03 bits per heavy atom. The molecular weight excluding hydrogens is 423 g/mol. The molecule has 0 spiro atoms. The number of aromatic carboxylic acids is 1. The minimum absolute atomic E-state index is 0.105. The fourth-order valence-electron chi connectivity index (χ4n) is 3.96. The lowest BCUT2D eigenvalue weighted by atomic mass is 9.78. The summed E-state index contributed by atoms with van der Waals surface area (Å²) in [4.78, 5) is 42.3. The van der Waals surface area contributed by atoms with Crippen molar-refractivity contribution in [1.82, 2.24) is 9.80 Å². The van der Waals surface area contributed by atoms with Crippen molar-refractivity contribution in [2.75, 3.05) is 26.2 Å². The lowest BCUT2D eigenvalue weighted by molar-refractivity contribution is -0.141. The number of carbonyl (C=O) groups is 3. The molecule has 1 saturated heterocycles. The molecule has 12 nitrogen and oxygen atoms in total. The monoisotopic (exact) mass is 446 g/mol. The first-order chi connectivity index (χ1) is 15.2. The molecule has 1 fully saturated rings. The SMILES string of the molecule is NC(C(=O)N1CC(Oc2ccc3c(c2C(=O)O)OB(O)CC3)C1)C1CN(CC(=O)O)C=N1. The second-order valence-electron chi connectivity index (χ2n) is 8.01. The molecule has 3 heterocycles. The number of carboxylic acid groups (broad SMARTS) is 2. The molecule has 1 aromatic carbocycles. The van der Waals surface area contributed by atoms with Crippen molar-refractivity contribution in [3.63, 3.8) is 0 Å². The van der Waals surface area contributed by atoms with Gasteiger partial charge in [-0.25, -0.2) is 4.79 Å². The predicted octanol–water partition coefficient (Wildman–Crippen LogP) is -1.49. The van der Waals surface area contributed by atoms with Crippen molar-refractivity contribution < 1.29 is 39.0 Å². The van der Waals surface area contributed by atoms with E-state index in [0.717, 1.165) is 0 Å². The number of fused-ring (bicyclic) bond motifs is 1. The third-order valence-electron chi connectivity index (χ3n) is 5.66. The highest BCUT2D eigenvalue weighted by atomic mass is 16.5. The third-order valence-corrected chi connectivity index (χ3v) is 5.66. The Labute approximate surface area is 183 Å². The Morgan fingerprint density at radius 1 is 1.28 bits per heavy atom. The van der Waals surface area contributed by atoms with Crippen LogP contribution in [-0.4, -0.2) is 101 Å². The van der Waals surface area contributed by atoms with Crippen LogP contribution in [0.25, 0.3) is 0 Å². The second-order valence-corrected chi connectivity index (χ2v) is 8.01. The number of nitrogens with two attached hydrogens (primary N) is 1. The number of amides is 1. The zero-order valence-corrected chi connectivity index (χ0v) is 17.1. The van der Waals surface area contributed by atoms with Crippen LogP contribution in [0.3, 0.4) is 0 Å². The molecule has 0 aliphatic carbocycles. The number of rotatable bonds is 7. The summed E-state index contributed by atoms with van der Waals surface area (Å²) in [5, 5.41) is 28.2. The zero-order chi connectivity index (χ0) is 23.0. The van der Waals surface area contributed by atoms with Gasteiger partial charge in [0.15, 0.2) is 0 Å². The minimum Gasteiger partial charge on any atom is -0.535 e. The molecule has 0 aromatic heterocycles. The normalized spacial score (nSPS) is 20.9. The third kappa shape index (κ3) is 4.34. The Morgan fingerprint density at radius 3 is 2.72 bits per heavy atom. The molecule has 1 amide bonds. The number of ether oxygens (including phenoxy) is 1. The van der Waals surface area contributed by atoms with Gasteiger partial charge in [0.2, 0.25) is 5.91 Å². The summed E-state index contributed by atoms with van der Waals surface area (Å²) in [5.41, 5.74) is 6.57. The number of aliphatic imine (C=N–C) groups is 1. The smallest absolute Gasteiger partial charge is 0.522 e. The van der Waals surface area contributed by atoms with Crippen LogP contribution in [-0.2, 0) is 16.0 Å². The quantitative estimate of drug-likeness (QED) is 0.361. The lowest BCUT2D eigenvalue weighted by Crippen LogP contribution is -2.62. The van der Waals surface area contributed by atoms with Crippen molar-refractivity contribution >= 4 is 31.3 Å². The topological polar surface area (TPSA) is 175 Å². The number of aryl methyl sites for hydroxylation is 1. The van der Waals surface area contributed by atoms with Crippen molar-refractivity contribution in [2.24, 2.45) is 10.7 Å². The molecule has 170 valence electrons. The highest BCUT2D eigenvalue weighted by molar-refractivity contribution is 6.44. The van der Waals surface area contributed by atoms with Crippen LogP contribution in [0.2, 0.25) is 6.32 Å². The summed E-state index contributed by atoms with van der Waals surface area (Å²) in [6, 6.07) is 1.81. The van der Waals surface area contributed by atoms with E-state index in [1.165, 1.54) is 16.1 Å². The van der Waals surface area contributed by atoms with Crippen LogP contribution >= 0.6 is 0 Å².